The molecule has 0 bridgehead atoms. The molecular formula is C24H30N2O3. The second-order valence-corrected chi connectivity index (χ2v) is 8.50. The van der Waals surface area contributed by atoms with E-state index in [1.54, 1.807) is 6.07 Å². The molecule has 2 aromatic carbocycles. The quantitative estimate of drug-likeness (QED) is 0.754. The molecule has 1 unspecified atom stereocenters. The number of hydrogen-bond acceptors (Lipinski definition) is 3. The average Bonchev–Trinajstić information content (AvgIpc) is 2.71. The van der Waals surface area contributed by atoms with E-state index in [1.807, 2.05) is 42.5 Å². The van der Waals surface area contributed by atoms with E-state index in [0.29, 0.717) is 24.4 Å². The summed E-state index contributed by atoms with van der Waals surface area (Å²) in [5.41, 5.74) is 8.10. The Labute approximate surface area is 172 Å². The van der Waals surface area contributed by atoms with Crippen molar-refractivity contribution in [1.82, 2.24) is 4.90 Å². The fraction of sp³-hybridized carbons (Fsp3) is 0.417. The average molecular weight is 395 g/mol. The van der Waals surface area contributed by atoms with Gasteiger partial charge in [0.05, 0.1) is 5.92 Å². The Hall–Kier alpha value is -2.66. The Kier molecular flexibility index (Phi) is 6.38. The predicted octanol–water partition coefficient (Wildman–Crippen LogP) is 3.33. The molecule has 29 heavy (non-hydrogen) atoms. The highest BCUT2D eigenvalue weighted by Gasteiger charge is 2.39. The Balaban J connectivity index is 1.69. The number of piperidine rings is 1. The highest BCUT2D eigenvalue weighted by Crippen LogP contribution is 2.39. The van der Waals surface area contributed by atoms with Crippen molar-refractivity contribution >= 4 is 11.9 Å². The molecule has 2 aromatic rings. The number of aliphatic carboxylic acids is 1. The first-order chi connectivity index (χ1) is 13.8. The fourth-order valence-electron chi connectivity index (χ4n) is 4.38. The van der Waals surface area contributed by atoms with Gasteiger partial charge in [0.25, 0.3) is 0 Å². The van der Waals surface area contributed by atoms with Gasteiger partial charge in [-0.05, 0) is 54.0 Å². The fourth-order valence-corrected chi connectivity index (χ4v) is 4.38. The predicted molar refractivity (Wildman–Crippen MR) is 114 cm³/mol. The van der Waals surface area contributed by atoms with Gasteiger partial charge in [-0.15, -0.1) is 0 Å². The van der Waals surface area contributed by atoms with Crippen molar-refractivity contribution in [2.24, 2.45) is 17.6 Å². The van der Waals surface area contributed by atoms with Crippen molar-refractivity contribution in [2.45, 2.75) is 32.1 Å². The van der Waals surface area contributed by atoms with E-state index in [1.165, 1.54) is 0 Å². The zero-order valence-electron chi connectivity index (χ0n) is 17.2. The van der Waals surface area contributed by atoms with Gasteiger partial charge in [0.15, 0.2) is 0 Å². The largest absolute Gasteiger partial charge is 0.481 e. The number of carboxylic acid groups (broad SMARTS) is 1. The van der Waals surface area contributed by atoms with E-state index >= 15 is 0 Å². The number of rotatable bonds is 7. The number of benzene rings is 2. The van der Waals surface area contributed by atoms with Crippen LogP contribution in [0.2, 0.25) is 0 Å². The van der Waals surface area contributed by atoms with E-state index in [0.717, 1.165) is 30.6 Å². The summed E-state index contributed by atoms with van der Waals surface area (Å²) in [7, 11) is 0. The molecule has 1 aliphatic heterocycles. The number of hydrogen-bond donors (Lipinski definition) is 2. The summed E-state index contributed by atoms with van der Waals surface area (Å²) in [5, 5.41) is 9.72. The lowest BCUT2D eigenvalue weighted by molar-refractivity contribution is -0.142. The Bertz CT molecular complexity index is 867. The molecule has 5 heteroatoms. The van der Waals surface area contributed by atoms with E-state index in [4.69, 9.17) is 5.73 Å². The third-order valence-electron chi connectivity index (χ3n) is 6.53. The van der Waals surface area contributed by atoms with Crippen molar-refractivity contribution in [2.75, 3.05) is 19.6 Å². The van der Waals surface area contributed by atoms with Crippen LogP contribution >= 0.6 is 0 Å². The van der Waals surface area contributed by atoms with E-state index in [-0.39, 0.29) is 5.41 Å². The maximum Gasteiger partial charge on any atom is 0.308 e. The molecule has 1 aliphatic rings. The molecule has 1 heterocycles. The van der Waals surface area contributed by atoms with Gasteiger partial charge in [0, 0.05) is 18.7 Å². The summed E-state index contributed by atoms with van der Waals surface area (Å²) < 4.78 is 0. The topological polar surface area (TPSA) is 83.6 Å². The van der Waals surface area contributed by atoms with Gasteiger partial charge in [0.1, 0.15) is 0 Å². The number of primary amides is 1. The number of nitrogens with two attached hydrogens (primary N) is 1. The van der Waals surface area contributed by atoms with Crippen LogP contribution in [0.1, 0.15) is 41.8 Å². The zero-order chi connectivity index (χ0) is 21.0. The molecular weight excluding hydrogens is 364 g/mol. The molecule has 1 amide bonds. The van der Waals surface area contributed by atoms with Crippen molar-refractivity contribution in [3.05, 3.63) is 71.3 Å². The summed E-state index contributed by atoms with van der Waals surface area (Å²) in [6.45, 7) is 6.64. The molecule has 5 nitrogen and oxygen atoms in total. The summed E-state index contributed by atoms with van der Waals surface area (Å²) in [5.74, 6) is -1.26. The smallest absolute Gasteiger partial charge is 0.308 e. The maximum atomic E-state index is 11.8. The van der Waals surface area contributed by atoms with Crippen LogP contribution in [0.25, 0.3) is 0 Å². The maximum absolute atomic E-state index is 11.8. The highest BCUT2D eigenvalue weighted by atomic mass is 16.4. The van der Waals surface area contributed by atoms with Crippen molar-refractivity contribution in [3.8, 4) is 0 Å². The molecule has 3 rings (SSSR count). The first-order valence-electron chi connectivity index (χ1n) is 10.2. The lowest BCUT2D eigenvalue weighted by atomic mass is 9.67. The van der Waals surface area contributed by atoms with Gasteiger partial charge in [-0.3, -0.25) is 9.59 Å². The Morgan fingerprint density at radius 2 is 1.93 bits per heavy atom. The summed E-state index contributed by atoms with van der Waals surface area (Å²) >= 11 is 0. The SMILES string of the molecule is C[C@H]1CN(CC(Cc2ccccc2)C(=O)O)CC[C@@]1(C)c1cccc(C(N)=O)c1. The second-order valence-electron chi connectivity index (χ2n) is 8.50. The van der Waals surface area contributed by atoms with Crippen LogP contribution in [0.3, 0.4) is 0 Å². The van der Waals surface area contributed by atoms with Crippen LogP contribution in [-0.4, -0.2) is 41.5 Å². The lowest BCUT2D eigenvalue weighted by Gasteiger charge is -2.45. The van der Waals surface area contributed by atoms with Crippen LogP contribution in [0.4, 0.5) is 0 Å². The normalized spacial score (nSPS) is 23.4. The third kappa shape index (κ3) is 4.85. The van der Waals surface area contributed by atoms with Gasteiger partial charge in [0.2, 0.25) is 5.91 Å². The van der Waals surface area contributed by atoms with Crippen LogP contribution in [0, 0.1) is 11.8 Å². The molecule has 3 atom stereocenters. The van der Waals surface area contributed by atoms with Crippen LogP contribution < -0.4 is 5.73 Å². The number of nitrogens with zero attached hydrogens (tertiary/aromatic N) is 1. The number of amides is 1. The minimum Gasteiger partial charge on any atom is -0.481 e. The molecule has 0 spiro atoms. The zero-order valence-corrected chi connectivity index (χ0v) is 17.2. The van der Waals surface area contributed by atoms with Crippen molar-refractivity contribution < 1.29 is 14.7 Å². The molecule has 3 N–H and O–H groups in total. The monoisotopic (exact) mass is 394 g/mol. The molecule has 0 saturated carbocycles. The standard InChI is InChI=1S/C24H30N2O3/c1-17-15-26(16-20(23(28)29)13-18-7-4-3-5-8-18)12-11-24(17,2)21-10-6-9-19(14-21)22(25)27/h3-10,14,17,20H,11-13,15-16H2,1-2H3,(H2,25,27)(H,28,29)/t17-,20?,24+/m0/s1. The van der Waals surface area contributed by atoms with Crippen LogP contribution in [-0.2, 0) is 16.6 Å². The number of carbonyl (C=O) groups is 2. The van der Waals surface area contributed by atoms with Gasteiger partial charge in [-0.2, -0.15) is 0 Å². The van der Waals surface area contributed by atoms with Crippen molar-refractivity contribution in [1.29, 1.82) is 0 Å². The lowest BCUT2D eigenvalue weighted by Crippen LogP contribution is -2.49. The second kappa shape index (κ2) is 8.78. The van der Waals surface area contributed by atoms with E-state index < -0.39 is 17.8 Å². The molecule has 0 radical (unpaired) electrons. The van der Waals surface area contributed by atoms with Gasteiger partial charge in [-0.25, -0.2) is 0 Å². The minimum absolute atomic E-state index is 0.0693. The Morgan fingerprint density at radius 3 is 2.55 bits per heavy atom. The minimum atomic E-state index is -0.746. The molecule has 1 saturated heterocycles. The van der Waals surface area contributed by atoms with Crippen LogP contribution in [0.15, 0.2) is 54.6 Å². The molecule has 1 fully saturated rings. The van der Waals surface area contributed by atoms with Gasteiger partial charge >= 0.3 is 5.97 Å². The molecule has 0 aromatic heterocycles. The van der Waals surface area contributed by atoms with Crippen molar-refractivity contribution in [3.63, 3.8) is 0 Å². The summed E-state index contributed by atoms with van der Waals surface area (Å²) in [6.07, 6.45) is 1.45. The molecule has 0 aliphatic carbocycles. The van der Waals surface area contributed by atoms with Crippen LogP contribution in [0.5, 0.6) is 0 Å². The summed E-state index contributed by atoms with van der Waals surface area (Å²) in [4.78, 5) is 25.7. The number of likely N-dealkylation sites (tertiary alicyclic amines) is 1. The van der Waals surface area contributed by atoms with E-state index in [2.05, 4.69) is 24.8 Å². The summed E-state index contributed by atoms with van der Waals surface area (Å²) in [6, 6.07) is 17.4. The number of carbonyl (C=O) groups excluding carboxylic acids is 1. The third-order valence-corrected chi connectivity index (χ3v) is 6.53. The van der Waals surface area contributed by atoms with E-state index in [9.17, 15) is 14.7 Å². The number of carboxylic acids is 1. The first-order valence-corrected chi connectivity index (χ1v) is 10.2. The van der Waals surface area contributed by atoms with Gasteiger partial charge < -0.3 is 15.7 Å². The highest BCUT2D eigenvalue weighted by molar-refractivity contribution is 5.92. The molecule has 154 valence electrons. The van der Waals surface area contributed by atoms with Gasteiger partial charge in [-0.1, -0.05) is 56.3 Å². The Morgan fingerprint density at radius 1 is 1.21 bits per heavy atom. The first kappa shape index (κ1) is 21.1.